The van der Waals surface area contributed by atoms with E-state index in [0.717, 1.165) is 0 Å². The van der Waals surface area contributed by atoms with Crippen molar-refractivity contribution in [2.75, 3.05) is 5.88 Å². The molecule has 0 unspecified atom stereocenters. The van der Waals surface area contributed by atoms with E-state index in [0.29, 0.717) is 0 Å². The van der Waals surface area contributed by atoms with E-state index in [-0.39, 0.29) is 0 Å². The lowest BCUT2D eigenvalue weighted by atomic mass is 10.1. The number of allylic oxidation sites excluding steroid dienone is 3. The summed E-state index contributed by atoms with van der Waals surface area (Å²) in [5, 5.41) is 0.175. The zero-order chi connectivity index (χ0) is 13.4. The minimum atomic E-state index is -4.63. The average Bonchev–Trinajstić information content (AvgIpc) is 2.22. The number of Topliss-reactive ketones (excluding diaryl/α,β-unsaturated/α-hetero) is 2. The third-order valence-corrected chi connectivity index (χ3v) is 3.34. The van der Waals surface area contributed by atoms with Crippen LogP contribution < -0.4 is 5.32 Å². The fourth-order valence-corrected chi connectivity index (χ4v) is 1.91. The van der Waals surface area contributed by atoms with Gasteiger partial charge in [-0.2, -0.15) is 0 Å². The van der Waals surface area contributed by atoms with Crippen molar-refractivity contribution >= 4 is 56.5 Å². The summed E-state index contributed by atoms with van der Waals surface area (Å²) in [7, 11) is -4.63. The Hall–Kier alpha value is -0.600. The van der Waals surface area contributed by atoms with Crippen molar-refractivity contribution in [1.29, 1.82) is 0 Å². The predicted molar refractivity (Wildman–Crippen MR) is 59.3 cm³/mol. The number of nitrogens with one attached hydrogen (secondary N) is 1. The summed E-state index contributed by atoms with van der Waals surface area (Å²) in [5.74, 6) is -2.98. The van der Waals surface area contributed by atoms with E-state index in [1.54, 1.807) is 0 Å². The third kappa shape index (κ3) is 3.20. The number of ketones is 2. The van der Waals surface area contributed by atoms with E-state index < -0.39 is 48.4 Å². The van der Waals surface area contributed by atoms with Crippen molar-refractivity contribution in [1.82, 2.24) is 5.32 Å². The largest absolute Gasteiger partial charge is 0.747 e. The van der Waals surface area contributed by atoms with E-state index >= 15 is 0 Å². The fourth-order valence-electron chi connectivity index (χ4n) is 0.937. The third-order valence-electron chi connectivity index (χ3n) is 1.66. The SMILES string of the molecule is O=C1C(Cl)=C(Cl)C(=O)C(NCS(=O)(=O)[O-])=C1Cl. The quantitative estimate of drug-likeness (QED) is 0.595. The van der Waals surface area contributed by atoms with Gasteiger partial charge in [-0.05, 0) is 0 Å². The van der Waals surface area contributed by atoms with Gasteiger partial charge in [-0.15, -0.1) is 0 Å². The van der Waals surface area contributed by atoms with Crippen molar-refractivity contribution in [2.24, 2.45) is 0 Å². The standard InChI is InChI=1S/C7H4Cl3NO5S/c8-2-3(9)7(13)5(4(10)6(2)12)11-1-17(14,15)16/h11H,1H2,(H,14,15,16)/p-1. The molecule has 0 aromatic carbocycles. The molecular formula is C7H3Cl3NO5S-. The molecular weight excluding hydrogens is 317 g/mol. The van der Waals surface area contributed by atoms with Gasteiger partial charge in [-0.1, -0.05) is 34.8 Å². The Morgan fingerprint density at radius 3 is 1.94 bits per heavy atom. The Kier molecular flexibility index (Phi) is 4.21. The number of hydrogen-bond acceptors (Lipinski definition) is 6. The Morgan fingerprint density at radius 1 is 1.00 bits per heavy atom. The molecule has 10 heteroatoms. The number of rotatable bonds is 3. The summed E-state index contributed by atoms with van der Waals surface area (Å²) < 4.78 is 31.1. The van der Waals surface area contributed by atoms with Crippen molar-refractivity contribution < 1.29 is 22.6 Å². The van der Waals surface area contributed by atoms with E-state index in [2.05, 4.69) is 0 Å². The molecule has 0 heterocycles. The van der Waals surface area contributed by atoms with Crippen molar-refractivity contribution in [3.63, 3.8) is 0 Å². The first-order chi connectivity index (χ1) is 7.65. The molecule has 0 aliphatic heterocycles. The van der Waals surface area contributed by atoms with Crippen LogP contribution >= 0.6 is 34.8 Å². The summed E-state index contributed by atoms with van der Waals surface area (Å²) in [5.41, 5.74) is -0.564. The van der Waals surface area contributed by atoms with Crippen LogP contribution in [0.15, 0.2) is 20.8 Å². The lowest BCUT2D eigenvalue weighted by Gasteiger charge is -2.17. The van der Waals surface area contributed by atoms with Gasteiger partial charge < -0.3 is 9.87 Å². The monoisotopic (exact) mass is 318 g/mol. The van der Waals surface area contributed by atoms with E-state index in [1.165, 1.54) is 0 Å². The lowest BCUT2D eigenvalue weighted by Crippen LogP contribution is -2.31. The maximum atomic E-state index is 11.5. The van der Waals surface area contributed by atoms with Gasteiger partial charge in [0.15, 0.2) is 0 Å². The number of halogens is 3. The molecule has 0 aromatic heterocycles. The second-order valence-corrected chi connectivity index (χ2v) is 5.39. The van der Waals surface area contributed by atoms with Gasteiger partial charge in [-0.3, -0.25) is 9.59 Å². The first-order valence-electron chi connectivity index (χ1n) is 3.87. The van der Waals surface area contributed by atoms with Crippen LogP contribution in [0.4, 0.5) is 0 Å². The van der Waals surface area contributed by atoms with Gasteiger partial charge in [-0.25, -0.2) is 8.42 Å². The zero-order valence-corrected chi connectivity index (χ0v) is 10.9. The second kappa shape index (κ2) is 4.95. The molecule has 0 radical (unpaired) electrons. The number of hydrogen-bond donors (Lipinski definition) is 1. The van der Waals surface area contributed by atoms with Gasteiger partial charge in [0, 0.05) is 0 Å². The van der Waals surface area contributed by atoms with Crippen molar-refractivity contribution in [3.8, 4) is 0 Å². The highest BCUT2D eigenvalue weighted by molar-refractivity contribution is 7.85. The van der Waals surface area contributed by atoms with Crippen molar-refractivity contribution in [3.05, 3.63) is 20.8 Å². The van der Waals surface area contributed by atoms with E-state index in [9.17, 15) is 22.6 Å². The summed E-state index contributed by atoms with van der Waals surface area (Å²) >= 11 is 16.3. The molecule has 0 atom stereocenters. The van der Waals surface area contributed by atoms with Crippen LogP contribution in [0, 0.1) is 0 Å². The van der Waals surface area contributed by atoms with E-state index in [4.69, 9.17) is 34.8 Å². The highest BCUT2D eigenvalue weighted by Gasteiger charge is 2.32. The Labute approximate surface area is 111 Å². The van der Waals surface area contributed by atoms with Gasteiger partial charge >= 0.3 is 0 Å². The predicted octanol–water partition coefficient (Wildman–Crippen LogP) is 0.370. The molecule has 0 saturated carbocycles. The molecule has 0 bridgehead atoms. The molecule has 1 N–H and O–H groups in total. The topological polar surface area (TPSA) is 103 Å². The fraction of sp³-hybridized carbons (Fsp3) is 0.143. The molecule has 1 rings (SSSR count). The van der Waals surface area contributed by atoms with Crippen LogP contribution in [0.25, 0.3) is 0 Å². The molecule has 0 spiro atoms. The summed E-state index contributed by atoms with van der Waals surface area (Å²) in [6.07, 6.45) is 0. The first kappa shape index (κ1) is 14.5. The minimum Gasteiger partial charge on any atom is -0.747 e. The minimum absolute atomic E-state index is 0.558. The Bertz CT molecular complexity index is 562. The highest BCUT2D eigenvalue weighted by Crippen LogP contribution is 2.30. The van der Waals surface area contributed by atoms with Crippen LogP contribution in [0.3, 0.4) is 0 Å². The smallest absolute Gasteiger partial charge is 0.223 e. The van der Waals surface area contributed by atoms with Crippen LogP contribution in [0.2, 0.25) is 0 Å². The van der Waals surface area contributed by atoms with Gasteiger partial charge in [0.25, 0.3) is 0 Å². The van der Waals surface area contributed by atoms with Crippen LogP contribution in [0.1, 0.15) is 0 Å². The molecule has 1 aliphatic rings. The van der Waals surface area contributed by atoms with Crippen LogP contribution in [-0.4, -0.2) is 30.4 Å². The summed E-state index contributed by atoms with van der Waals surface area (Å²) in [6.45, 7) is 0. The lowest BCUT2D eigenvalue weighted by molar-refractivity contribution is -0.115. The molecule has 0 saturated heterocycles. The maximum Gasteiger partial charge on any atom is 0.223 e. The Morgan fingerprint density at radius 2 is 1.47 bits per heavy atom. The highest BCUT2D eigenvalue weighted by atomic mass is 35.5. The van der Waals surface area contributed by atoms with Gasteiger partial charge in [0.1, 0.15) is 36.8 Å². The zero-order valence-electron chi connectivity index (χ0n) is 7.79. The first-order valence-corrected chi connectivity index (χ1v) is 6.58. The maximum absolute atomic E-state index is 11.5. The molecule has 0 amide bonds. The molecule has 17 heavy (non-hydrogen) atoms. The second-order valence-electron chi connectivity index (χ2n) is 2.85. The molecule has 0 aromatic rings. The summed E-state index contributed by atoms with van der Waals surface area (Å²) in [6, 6.07) is 0. The molecule has 0 fully saturated rings. The number of carbonyl (C=O) groups excluding carboxylic acids is 2. The van der Waals surface area contributed by atoms with E-state index in [1.807, 2.05) is 5.32 Å². The van der Waals surface area contributed by atoms with Crippen LogP contribution in [0.5, 0.6) is 0 Å². The molecule has 94 valence electrons. The van der Waals surface area contributed by atoms with Crippen LogP contribution in [-0.2, 0) is 19.7 Å². The van der Waals surface area contributed by atoms with Gasteiger partial charge in [0.05, 0.1) is 0 Å². The average molecular weight is 320 g/mol. The van der Waals surface area contributed by atoms with Gasteiger partial charge in [0.2, 0.25) is 11.6 Å². The normalized spacial score (nSPS) is 17.9. The van der Waals surface area contributed by atoms with Crippen molar-refractivity contribution in [2.45, 2.75) is 0 Å². The molecule has 6 nitrogen and oxygen atoms in total. The summed E-state index contributed by atoms with van der Waals surface area (Å²) in [4.78, 5) is 22.8. The number of carbonyl (C=O) groups is 2. The molecule has 1 aliphatic carbocycles. The Balaban J connectivity index is 3.08.